The van der Waals surface area contributed by atoms with Crippen molar-refractivity contribution in [1.29, 1.82) is 0 Å². The fraction of sp³-hybridized carbons (Fsp3) is 0.625. The minimum atomic E-state index is 0.0598. The molecule has 0 saturated carbocycles. The summed E-state index contributed by atoms with van der Waals surface area (Å²) in [6.07, 6.45) is 1.96. The molecule has 0 radical (unpaired) electrons. The topological polar surface area (TPSA) is 17.8 Å². The molecule has 0 saturated heterocycles. The van der Waals surface area contributed by atoms with Crippen LogP contribution in [0.1, 0.15) is 26.5 Å². The smallest absolute Gasteiger partial charge is 0.0772 e. The molecule has 1 aromatic rings. The molecule has 0 atom stereocenters. The van der Waals surface area contributed by atoms with Crippen LogP contribution in [-0.2, 0) is 11.4 Å². The van der Waals surface area contributed by atoms with E-state index in [9.17, 15) is 0 Å². The normalized spacial score (nSPS) is 12.0. The van der Waals surface area contributed by atoms with E-state index in [-0.39, 0.29) is 5.54 Å². The van der Waals surface area contributed by atoms with Crippen LogP contribution in [0.25, 0.3) is 0 Å². The number of halogens is 1. The molecule has 11 heavy (non-hydrogen) atoms. The summed E-state index contributed by atoms with van der Waals surface area (Å²) in [4.78, 5) is 0. The van der Waals surface area contributed by atoms with Crippen LogP contribution in [-0.4, -0.2) is 9.78 Å². The second kappa shape index (κ2) is 2.86. The predicted octanol–water partition coefficient (Wildman–Crippen LogP) is 2.38. The minimum absolute atomic E-state index is 0.0598. The number of rotatable bonds is 1. The van der Waals surface area contributed by atoms with Gasteiger partial charge in [-0.1, -0.05) is 0 Å². The average Bonchev–Trinajstić information content (AvgIpc) is 2.32. The van der Waals surface area contributed by atoms with Crippen molar-refractivity contribution < 1.29 is 0 Å². The summed E-state index contributed by atoms with van der Waals surface area (Å²) in [7, 11) is 0. The first kappa shape index (κ1) is 8.60. The lowest BCUT2D eigenvalue weighted by atomic mass is 10.1. The summed E-state index contributed by atoms with van der Waals surface area (Å²) in [6, 6.07) is 1.94. The molecule has 1 heterocycles. The van der Waals surface area contributed by atoms with Gasteiger partial charge in [0.25, 0.3) is 0 Å². The molecular formula is C8H13ClN2. The fourth-order valence-electron chi connectivity index (χ4n) is 0.807. The van der Waals surface area contributed by atoms with E-state index in [1.807, 2.05) is 16.9 Å². The van der Waals surface area contributed by atoms with Gasteiger partial charge in [-0.25, -0.2) is 0 Å². The molecule has 0 bridgehead atoms. The maximum atomic E-state index is 5.61. The van der Waals surface area contributed by atoms with Crippen molar-refractivity contribution >= 4 is 11.6 Å². The zero-order chi connectivity index (χ0) is 8.48. The van der Waals surface area contributed by atoms with E-state index in [2.05, 4.69) is 25.9 Å². The molecule has 0 aromatic carbocycles. The number of alkyl halides is 1. The third-order valence-corrected chi connectivity index (χ3v) is 1.74. The molecule has 3 heteroatoms. The summed E-state index contributed by atoms with van der Waals surface area (Å²) >= 11 is 5.61. The molecule has 2 nitrogen and oxygen atoms in total. The van der Waals surface area contributed by atoms with E-state index in [0.29, 0.717) is 5.88 Å². The van der Waals surface area contributed by atoms with Gasteiger partial charge in [-0.3, -0.25) is 4.68 Å². The van der Waals surface area contributed by atoms with Gasteiger partial charge >= 0.3 is 0 Å². The Kier molecular flexibility index (Phi) is 2.23. The number of hydrogen-bond donors (Lipinski definition) is 0. The molecule has 0 spiro atoms. The highest BCUT2D eigenvalue weighted by Crippen LogP contribution is 2.12. The van der Waals surface area contributed by atoms with Gasteiger partial charge in [-0.2, -0.15) is 5.10 Å². The molecule has 0 amide bonds. The highest BCUT2D eigenvalue weighted by Gasteiger charge is 2.13. The van der Waals surface area contributed by atoms with Crippen LogP contribution < -0.4 is 0 Å². The Balaban J connectivity index is 2.89. The van der Waals surface area contributed by atoms with E-state index < -0.39 is 0 Å². The molecule has 0 fully saturated rings. The summed E-state index contributed by atoms with van der Waals surface area (Å²) in [5.41, 5.74) is 0.992. The standard InChI is InChI=1S/C8H13ClN2/c1-8(2,3)11-5-4-7(6-9)10-11/h4-5H,6H2,1-3H3. The van der Waals surface area contributed by atoms with Crippen LogP contribution in [0.2, 0.25) is 0 Å². The maximum absolute atomic E-state index is 5.61. The first-order valence-electron chi connectivity index (χ1n) is 3.65. The van der Waals surface area contributed by atoms with Crippen LogP contribution in [0, 0.1) is 0 Å². The summed E-state index contributed by atoms with van der Waals surface area (Å²) in [5, 5.41) is 4.28. The van der Waals surface area contributed by atoms with Crippen molar-refractivity contribution in [2.45, 2.75) is 32.2 Å². The van der Waals surface area contributed by atoms with Crippen LogP contribution in [0.4, 0.5) is 0 Å². The fourth-order valence-corrected chi connectivity index (χ4v) is 0.949. The first-order valence-corrected chi connectivity index (χ1v) is 4.18. The number of hydrogen-bond acceptors (Lipinski definition) is 1. The largest absolute Gasteiger partial charge is 0.267 e. The van der Waals surface area contributed by atoms with Crippen molar-refractivity contribution in [2.75, 3.05) is 0 Å². The Morgan fingerprint density at radius 2 is 2.18 bits per heavy atom. The van der Waals surface area contributed by atoms with Crippen molar-refractivity contribution in [3.05, 3.63) is 18.0 Å². The van der Waals surface area contributed by atoms with Crippen LogP contribution in [0.15, 0.2) is 12.3 Å². The Hall–Kier alpha value is -0.500. The maximum Gasteiger partial charge on any atom is 0.0772 e. The van der Waals surface area contributed by atoms with Gasteiger partial charge in [0.05, 0.1) is 17.1 Å². The van der Waals surface area contributed by atoms with Crippen molar-refractivity contribution in [1.82, 2.24) is 9.78 Å². The van der Waals surface area contributed by atoms with Crippen LogP contribution >= 0.6 is 11.6 Å². The quantitative estimate of drug-likeness (QED) is 0.595. The first-order chi connectivity index (χ1) is 5.04. The lowest BCUT2D eigenvalue weighted by Crippen LogP contribution is -2.22. The van der Waals surface area contributed by atoms with Gasteiger partial charge in [-0.05, 0) is 26.8 Å². The van der Waals surface area contributed by atoms with Crippen molar-refractivity contribution in [3.63, 3.8) is 0 Å². The molecule has 1 aromatic heterocycles. The minimum Gasteiger partial charge on any atom is -0.267 e. The van der Waals surface area contributed by atoms with E-state index in [0.717, 1.165) is 5.69 Å². The molecular weight excluding hydrogens is 160 g/mol. The third-order valence-electron chi connectivity index (χ3n) is 1.47. The van der Waals surface area contributed by atoms with Crippen LogP contribution in [0.3, 0.4) is 0 Å². The molecule has 62 valence electrons. The van der Waals surface area contributed by atoms with Gasteiger partial charge in [0.2, 0.25) is 0 Å². The highest BCUT2D eigenvalue weighted by molar-refractivity contribution is 6.16. The summed E-state index contributed by atoms with van der Waals surface area (Å²) < 4.78 is 1.92. The van der Waals surface area contributed by atoms with Crippen molar-refractivity contribution in [2.24, 2.45) is 0 Å². The van der Waals surface area contributed by atoms with Gasteiger partial charge in [0, 0.05) is 6.20 Å². The van der Waals surface area contributed by atoms with Crippen molar-refractivity contribution in [3.8, 4) is 0 Å². The average molecular weight is 173 g/mol. The molecule has 0 aliphatic carbocycles. The monoisotopic (exact) mass is 172 g/mol. The zero-order valence-corrected chi connectivity index (χ0v) is 7.89. The van der Waals surface area contributed by atoms with Crippen LogP contribution in [0.5, 0.6) is 0 Å². The highest BCUT2D eigenvalue weighted by atomic mass is 35.5. The second-order valence-corrected chi connectivity index (χ2v) is 3.82. The second-order valence-electron chi connectivity index (χ2n) is 3.56. The SMILES string of the molecule is CC(C)(C)n1ccc(CCl)n1. The third kappa shape index (κ3) is 1.96. The lowest BCUT2D eigenvalue weighted by molar-refractivity contribution is 0.354. The number of aromatic nitrogens is 2. The summed E-state index contributed by atoms with van der Waals surface area (Å²) in [6.45, 7) is 6.33. The van der Waals surface area contributed by atoms with Gasteiger partial charge in [-0.15, -0.1) is 11.6 Å². The Bertz CT molecular complexity index is 234. The Labute approximate surface area is 72.2 Å². The Morgan fingerprint density at radius 1 is 1.55 bits per heavy atom. The molecule has 0 aliphatic rings. The predicted molar refractivity (Wildman–Crippen MR) is 46.8 cm³/mol. The zero-order valence-electron chi connectivity index (χ0n) is 7.13. The molecule has 0 N–H and O–H groups in total. The number of nitrogens with zero attached hydrogens (tertiary/aromatic N) is 2. The van der Waals surface area contributed by atoms with Gasteiger partial charge < -0.3 is 0 Å². The van der Waals surface area contributed by atoms with E-state index in [1.54, 1.807) is 0 Å². The van der Waals surface area contributed by atoms with E-state index >= 15 is 0 Å². The molecule has 1 rings (SSSR count). The van der Waals surface area contributed by atoms with E-state index in [4.69, 9.17) is 11.6 Å². The van der Waals surface area contributed by atoms with E-state index in [1.165, 1.54) is 0 Å². The molecule has 0 unspecified atom stereocenters. The Morgan fingerprint density at radius 3 is 2.45 bits per heavy atom. The molecule has 0 aliphatic heterocycles. The van der Waals surface area contributed by atoms with Gasteiger partial charge in [0.15, 0.2) is 0 Å². The lowest BCUT2D eigenvalue weighted by Gasteiger charge is -2.18. The van der Waals surface area contributed by atoms with Gasteiger partial charge in [0.1, 0.15) is 0 Å². The summed E-state index contributed by atoms with van der Waals surface area (Å²) in [5.74, 6) is 0.489.